The number of carboxylic acid groups (broad SMARTS) is 1. The van der Waals surface area contributed by atoms with Crippen LogP contribution in [0.3, 0.4) is 0 Å². The zero-order valence-corrected chi connectivity index (χ0v) is 14.4. The third-order valence-corrected chi connectivity index (χ3v) is 4.56. The maximum Gasteiger partial charge on any atom is 0.526 e. The lowest BCUT2D eigenvalue weighted by Gasteiger charge is -2.28. The number of carbonyl (C=O) groups excluding carboxylic acids is 1. The van der Waals surface area contributed by atoms with E-state index >= 15 is 0 Å². The van der Waals surface area contributed by atoms with Crippen molar-refractivity contribution in [2.75, 3.05) is 7.05 Å². The van der Waals surface area contributed by atoms with Crippen LogP contribution in [0.5, 0.6) is 5.75 Å². The van der Waals surface area contributed by atoms with Crippen LogP contribution in [0.25, 0.3) is 0 Å². The number of para-hydroxylation sites is 1. The van der Waals surface area contributed by atoms with Gasteiger partial charge in [0.1, 0.15) is 5.75 Å². The van der Waals surface area contributed by atoms with Gasteiger partial charge >= 0.3 is 13.1 Å². The molecule has 7 heteroatoms. The number of aromatic carboxylic acids is 1. The van der Waals surface area contributed by atoms with Crippen molar-refractivity contribution in [3.05, 3.63) is 64.7 Å². The van der Waals surface area contributed by atoms with Gasteiger partial charge in [-0.05, 0) is 30.7 Å². The van der Waals surface area contributed by atoms with Crippen LogP contribution in [-0.4, -0.2) is 36.0 Å². The highest BCUT2D eigenvalue weighted by atomic mass is 16.5. The Balaban J connectivity index is 1.73. The van der Waals surface area contributed by atoms with E-state index < -0.39 is 18.9 Å². The second-order valence-corrected chi connectivity index (χ2v) is 6.43. The molecule has 0 bridgehead atoms. The molecule has 0 unspecified atom stereocenters. The quantitative estimate of drug-likeness (QED) is 0.544. The van der Waals surface area contributed by atoms with Crippen LogP contribution >= 0.6 is 0 Å². The molecule has 0 fully saturated rings. The summed E-state index contributed by atoms with van der Waals surface area (Å²) in [5, 5.41) is 22.5. The number of carbonyl (C=O) groups is 2. The predicted octanol–water partition coefficient (Wildman–Crippen LogP) is 2.16. The first-order chi connectivity index (χ1) is 12.5. The molecule has 3 N–H and O–H groups in total. The highest BCUT2D eigenvalue weighted by molar-refractivity contribution is 6.47. The molecule has 3 rings (SSSR count). The summed E-state index contributed by atoms with van der Waals surface area (Å²) in [6.45, 7) is 0.729. The maximum atomic E-state index is 12.5. The molecule has 0 aliphatic carbocycles. The molecule has 1 atom stereocenters. The van der Waals surface area contributed by atoms with Gasteiger partial charge in [-0.2, -0.15) is 0 Å². The number of Topliss-reactive ketones (excluding diaryl/α,β-unsaturated/α-hetero) is 1. The first-order valence-electron chi connectivity index (χ1n) is 8.46. The van der Waals surface area contributed by atoms with E-state index in [2.05, 4.69) is 5.32 Å². The molecule has 0 saturated carbocycles. The summed E-state index contributed by atoms with van der Waals surface area (Å²) in [6.07, 6.45) is 0.518. The normalized spacial score (nSPS) is 15.9. The summed E-state index contributed by atoms with van der Waals surface area (Å²) in [5.41, 5.74) is 2.38. The molecular formula is C19H20BNO5. The summed E-state index contributed by atoms with van der Waals surface area (Å²) >= 11 is 0. The fraction of sp³-hybridized carbons (Fsp3) is 0.263. The molecule has 6 nitrogen and oxygen atoms in total. The number of nitrogens with one attached hydrogen (secondary N) is 1. The molecule has 1 aliphatic rings. The van der Waals surface area contributed by atoms with Crippen molar-refractivity contribution in [1.29, 1.82) is 0 Å². The van der Waals surface area contributed by atoms with Gasteiger partial charge in [0.05, 0.1) is 5.56 Å². The average Bonchev–Trinajstić information content (AvgIpc) is 2.62. The second-order valence-electron chi connectivity index (χ2n) is 6.43. The fourth-order valence-electron chi connectivity index (χ4n) is 3.20. The van der Waals surface area contributed by atoms with Gasteiger partial charge < -0.3 is 20.1 Å². The SMILES string of the molecule is CNCc1ccc(C(=O)C[C@H]2Cc3cccc(C(=O)O)c3OB2O)cc1. The standard InChI is InChI=1S/C19H20BNO5/c1-21-11-12-5-7-13(8-6-12)17(22)10-15-9-14-3-2-4-16(19(23)24)18(14)26-20(15)25/h2-8,15,21,25H,9-11H2,1H3,(H,23,24)/t15-/m1/s1. The van der Waals surface area contributed by atoms with Crippen LogP contribution in [0.4, 0.5) is 0 Å². The summed E-state index contributed by atoms with van der Waals surface area (Å²) in [7, 11) is 0.646. The Bertz CT molecular complexity index is 821. The van der Waals surface area contributed by atoms with Crippen LogP contribution in [0, 0.1) is 0 Å². The van der Waals surface area contributed by atoms with Gasteiger partial charge in [-0.1, -0.05) is 36.4 Å². The predicted molar refractivity (Wildman–Crippen MR) is 97.6 cm³/mol. The van der Waals surface area contributed by atoms with Crippen molar-refractivity contribution in [3.63, 3.8) is 0 Å². The number of rotatable bonds is 6. The Morgan fingerprint density at radius 1 is 1.23 bits per heavy atom. The zero-order valence-electron chi connectivity index (χ0n) is 14.4. The van der Waals surface area contributed by atoms with Crippen molar-refractivity contribution < 1.29 is 24.4 Å². The van der Waals surface area contributed by atoms with Gasteiger partial charge in [-0.25, -0.2) is 4.79 Å². The van der Waals surface area contributed by atoms with Crippen LogP contribution in [0.2, 0.25) is 5.82 Å². The molecule has 0 amide bonds. The Labute approximate surface area is 152 Å². The van der Waals surface area contributed by atoms with Gasteiger partial charge in [0.25, 0.3) is 0 Å². The molecule has 0 spiro atoms. The van der Waals surface area contributed by atoms with E-state index in [-0.39, 0.29) is 23.5 Å². The summed E-state index contributed by atoms with van der Waals surface area (Å²) in [5.74, 6) is -1.42. The van der Waals surface area contributed by atoms with Gasteiger partial charge in [0.15, 0.2) is 5.78 Å². The molecule has 0 saturated heterocycles. The lowest BCUT2D eigenvalue weighted by Crippen LogP contribution is -2.35. The number of hydrogen-bond acceptors (Lipinski definition) is 5. The minimum atomic E-state index is -1.21. The van der Waals surface area contributed by atoms with E-state index in [4.69, 9.17) is 4.65 Å². The Hall–Kier alpha value is -2.64. The van der Waals surface area contributed by atoms with Gasteiger partial charge in [-0.15, -0.1) is 0 Å². The third kappa shape index (κ3) is 3.79. The van der Waals surface area contributed by atoms with E-state index in [1.807, 2.05) is 19.2 Å². The number of fused-ring (bicyclic) bond motifs is 1. The average molecular weight is 353 g/mol. The lowest BCUT2D eigenvalue weighted by molar-refractivity contribution is 0.0693. The first kappa shape index (κ1) is 18.2. The highest BCUT2D eigenvalue weighted by Crippen LogP contribution is 2.36. The highest BCUT2D eigenvalue weighted by Gasteiger charge is 2.37. The van der Waals surface area contributed by atoms with E-state index in [1.54, 1.807) is 24.3 Å². The molecule has 0 radical (unpaired) electrons. The van der Waals surface area contributed by atoms with Gasteiger partial charge in [0.2, 0.25) is 0 Å². The molecule has 0 aromatic heterocycles. The minimum Gasteiger partial charge on any atom is -0.535 e. The Morgan fingerprint density at radius 2 is 1.96 bits per heavy atom. The van der Waals surface area contributed by atoms with Crippen molar-refractivity contribution in [3.8, 4) is 5.75 Å². The molecule has 2 aromatic carbocycles. The van der Waals surface area contributed by atoms with E-state index in [0.29, 0.717) is 17.5 Å². The molecule has 1 aliphatic heterocycles. The zero-order chi connectivity index (χ0) is 18.7. The number of ketones is 1. The molecule has 134 valence electrons. The number of hydrogen-bond donors (Lipinski definition) is 3. The fourth-order valence-corrected chi connectivity index (χ4v) is 3.20. The van der Waals surface area contributed by atoms with Crippen LogP contribution < -0.4 is 9.97 Å². The van der Waals surface area contributed by atoms with Crippen molar-refractivity contribution in [2.45, 2.75) is 25.2 Å². The van der Waals surface area contributed by atoms with E-state index in [1.165, 1.54) is 6.07 Å². The smallest absolute Gasteiger partial charge is 0.526 e. The number of benzene rings is 2. The second kappa shape index (κ2) is 7.72. The monoisotopic (exact) mass is 353 g/mol. The molecule has 1 heterocycles. The van der Waals surface area contributed by atoms with Crippen molar-refractivity contribution in [1.82, 2.24) is 5.32 Å². The first-order valence-corrected chi connectivity index (χ1v) is 8.46. The topological polar surface area (TPSA) is 95.9 Å². The minimum absolute atomic E-state index is 0.0199. The van der Waals surface area contributed by atoms with Crippen LogP contribution in [0.15, 0.2) is 42.5 Å². The lowest BCUT2D eigenvalue weighted by atomic mass is 9.64. The molecular weight excluding hydrogens is 333 g/mol. The van der Waals surface area contributed by atoms with E-state index in [9.17, 15) is 19.7 Å². The van der Waals surface area contributed by atoms with E-state index in [0.717, 1.165) is 12.1 Å². The number of carboxylic acids is 1. The Morgan fingerprint density at radius 3 is 2.62 bits per heavy atom. The Kier molecular flexibility index (Phi) is 5.39. The van der Waals surface area contributed by atoms with Crippen molar-refractivity contribution in [2.24, 2.45) is 0 Å². The summed E-state index contributed by atoms with van der Waals surface area (Å²) < 4.78 is 5.44. The van der Waals surface area contributed by atoms with Gasteiger partial charge in [-0.3, -0.25) is 4.79 Å². The maximum absolute atomic E-state index is 12.5. The van der Waals surface area contributed by atoms with Crippen molar-refractivity contribution >= 4 is 18.9 Å². The largest absolute Gasteiger partial charge is 0.535 e. The molecule has 2 aromatic rings. The summed E-state index contributed by atoms with van der Waals surface area (Å²) in [4.78, 5) is 23.8. The van der Waals surface area contributed by atoms with Crippen LogP contribution in [0.1, 0.15) is 38.3 Å². The molecule has 26 heavy (non-hydrogen) atoms. The summed E-state index contributed by atoms with van der Waals surface area (Å²) in [6, 6.07) is 12.2. The van der Waals surface area contributed by atoms with Gasteiger partial charge in [0, 0.05) is 24.3 Å². The van der Waals surface area contributed by atoms with Crippen LogP contribution in [-0.2, 0) is 13.0 Å². The third-order valence-electron chi connectivity index (χ3n) is 4.56.